The van der Waals surface area contributed by atoms with Gasteiger partial charge in [-0.25, -0.2) is 0 Å². The zero-order valence-corrected chi connectivity index (χ0v) is 34.2. The van der Waals surface area contributed by atoms with Gasteiger partial charge in [-0.15, -0.1) is 24.8 Å². The first-order valence-corrected chi connectivity index (χ1v) is 26.0. The van der Waals surface area contributed by atoms with Crippen LogP contribution >= 0.6 is 24.8 Å². The van der Waals surface area contributed by atoms with Crippen LogP contribution in [0.2, 0.25) is 6.55 Å². The van der Waals surface area contributed by atoms with Crippen molar-refractivity contribution in [2.75, 3.05) is 0 Å². The van der Waals surface area contributed by atoms with Gasteiger partial charge >= 0.3 is 300 Å². The maximum atomic E-state index is 2.66. The largest absolute Gasteiger partial charge is 0.147 e. The van der Waals surface area contributed by atoms with E-state index in [0.29, 0.717) is 7.25 Å². The third-order valence-electron chi connectivity index (χ3n) is 11.0. The SMILES string of the molecule is CC1=Cc2c(-c3cccc4ccccc34)cccc2[CH]1[Zr]([CH]1C(C)=Cc2c(-c3cccc4ccccc34)cccc21)=[Si](C)c1ccccc1.Cl.Cl. The molecule has 7 aromatic rings. The van der Waals surface area contributed by atoms with Crippen molar-refractivity contribution < 1.29 is 20.4 Å². The zero-order chi connectivity index (χ0) is 33.1. The van der Waals surface area contributed by atoms with E-state index in [0.717, 1.165) is 0 Å². The Balaban J connectivity index is 0.00000203. The Morgan fingerprint density at radius 3 is 1.31 bits per heavy atom. The molecular weight excluding hydrogens is 755 g/mol. The molecule has 0 radical (unpaired) electrons. The van der Waals surface area contributed by atoms with E-state index in [1.54, 1.807) is 27.5 Å². The van der Waals surface area contributed by atoms with Crippen LogP contribution in [0, 0.1) is 0 Å². The van der Waals surface area contributed by atoms with Crippen molar-refractivity contribution in [3.8, 4) is 22.3 Å². The number of hydrogen-bond acceptors (Lipinski definition) is 0. The number of allylic oxidation sites excluding steroid dienone is 2. The summed E-state index contributed by atoms with van der Waals surface area (Å²) in [6, 6.07) is 57.2. The molecule has 2 atom stereocenters. The predicted octanol–water partition coefficient (Wildman–Crippen LogP) is 12.9. The van der Waals surface area contributed by atoms with Crippen LogP contribution < -0.4 is 5.19 Å². The Morgan fingerprint density at radius 1 is 0.431 bits per heavy atom. The molecular formula is C47H40Cl2SiZr. The standard InChI is InChI=1S/2C20H15.C7H8Si.2ClH.Zr/c2*1-14-12-16-8-5-11-19(20(16)13-14)18-10-4-7-15-6-2-3-9-17(15)18;1-8-7-5-3-2-4-6-7;;;/h2*2-13H,1H3;2-6H,1H3;2*1H;. The summed E-state index contributed by atoms with van der Waals surface area (Å²) in [4.78, 5) is 0. The second-order valence-electron chi connectivity index (χ2n) is 13.8. The molecule has 0 N–H and O–H groups in total. The predicted molar refractivity (Wildman–Crippen MR) is 224 cm³/mol. The molecule has 250 valence electrons. The molecule has 51 heavy (non-hydrogen) atoms. The van der Waals surface area contributed by atoms with Crippen molar-refractivity contribution in [3.63, 3.8) is 0 Å². The molecule has 0 aliphatic heterocycles. The normalized spacial score (nSPS) is 15.7. The fraction of sp³-hybridized carbons (Fsp3) is 0.106. The van der Waals surface area contributed by atoms with Crippen LogP contribution in [0.3, 0.4) is 0 Å². The van der Waals surface area contributed by atoms with E-state index in [-0.39, 0.29) is 24.8 Å². The van der Waals surface area contributed by atoms with Crippen molar-refractivity contribution >= 4 is 69.1 Å². The molecule has 0 saturated carbocycles. The minimum Gasteiger partial charge on any atom is -0.147 e. The van der Waals surface area contributed by atoms with Crippen molar-refractivity contribution in [1.29, 1.82) is 0 Å². The minimum absolute atomic E-state index is 0. The zero-order valence-electron chi connectivity index (χ0n) is 29.1. The van der Waals surface area contributed by atoms with E-state index in [1.807, 2.05) is 0 Å². The molecule has 7 aromatic carbocycles. The molecule has 0 bridgehead atoms. The molecule has 4 heteroatoms. The molecule has 0 nitrogen and oxygen atoms in total. The molecule has 2 aliphatic carbocycles. The monoisotopic (exact) mass is 792 g/mol. The summed E-state index contributed by atoms with van der Waals surface area (Å²) in [5.41, 5.74) is 13.8. The third-order valence-corrected chi connectivity index (χ3v) is 31.8. The molecule has 2 aliphatic rings. The van der Waals surface area contributed by atoms with Crippen LogP contribution in [0.4, 0.5) is 0 Å². The molecule has 0 fully saturated rings. The number of rotatable bonds is 5. The number of hydrogen-bond donors (Lipinski definition) is 0. The maximum Gasteiger partial charge on any atom is -0.147 e. The second-order valence-corrected chi connectivity index (χ2v) is 29.6. The summed E-state index contributed by atoms with van der Waals surface area (Å²) in [5, 5.41) is 6.87. The fourth-order valence-electron chi connectivity index (χ4n) is 8.77. The van der Waals surface area contributed by atoms with Gasteiger partial charge in [-0.2, -0.15) is 0 Å². The van der Waals surface area contributed by atoms with Crippen molar-refractivity contribution in [2.24, 2.45) is 0 Å². The van der Waals surface area contributed by atoms with Gasteiger partial charge in [-0.1, -0.05) is 0 Å². The summed E-state index contributed by atoms with van der Waals surface area (Å²) in [6.07, 6.45) is 5.14. The Hall–Kier alpha value is -3.78. The van der Waals surface area contributed by atoms with Crippen LogP contribution in [0.5, 0.6) is 0 Å². The van der Waals surface area contributed by atoms with Gasteiger partial charge < -0.3 is 0 Å². The van der Waals surface area contributed by atoms with E-state index >= 15 is 0 Å². The number of halogens is 2. The first kappa shape index (κ1) is 35.6. The van der Waals surface area contributed by atoms with Gasteiger partial charge in [-0.05, 0) is 0 Å². The third kappa shape index (κ3) is 6.05. The molecule has 0 heterocycles. The quantitative estimate of drug-likeness (QED) is 0.152. The first-order chi connectivity index (χ1) is 24.1. The number of benzene rings is 7. The van der Waals surface area contributed by atoms with Crippen molar-refractivity contribution in [2.45, 2.75) is 27.6 Å². The molecule has 0 spiro atoms. The first-order valence-electron chi connectivity index (χ1n) is 17.4. The summed E-state index contributed by atoms with van der Waals surface area (Å²) < 4.78 is 1.07. The van der Waals surface area contributed by atoms with E-state index in [2.05, 4.69) is 184 Å². The Kier molecular flexibility index (Phi) is 10.3. The minimum atomic E-state index is -2.46. The Bertz CT molecular complexity index is 2380. The van der Waals surface area contributed by atoms with Gasteiger partial charge in [0.15, 0.2) is 0 Å². The summed E-state index contributed by atoms with van der Waals surface area (Å²) in [6.45, 7) is 7.55. The van der Waals surface area contributed by atoms with Crippen LogP contribution in [-0.2, 0) is 20.4 Å². The van der Waals surface area contributed by atoms with Gasteiger partial charge in [0.25, 0.3) is 0 Å². The van der Waals surface area contributed by atoms with Crippen LogP contribution in [0.25, 0.3) is 56.0 Å². The van der Waals surface area contributed by atoms with Crippen LogP contribution in [-0.4, -0.2) is 5.43 Å². The Morgan fingerprint density at radius 2 is 0.824 bits per heavy atom. The second kappa shape index (κ2) is 14.7. The average molecular weight is 795 g/mol. The van der Waals surface area contributed by atoms with E-state index in [4.69, 9.17) is 0 Å². The summed E-state index contributed by atoms with van der Waals surface area (Å²) in [7, 11) is 0. The molecule has 0 amide bonds. The number of fused-ring (bicyclic) bond motifs is 4. The van der Waals surface area contributed by atoms with Crippen LogP contribution in [0.15, 0.2) is 163 Å². The van der Waals surface area contributed by atoms with Gasteiger partial charge in [0.05, 0.1) is 0 Å². The van der Waals surface area contributed by atoms with Gasteiger partial charge in [-0.3, -0.25) is 0 Å². The van der Waals surface area contributed by atoms with Gasteiger partial charge in [0, 0.05) is 0 Å². The Labute approximate surface area is 322 Å². The summed E-state index contributed by atoms with van der Waals surface area (Å²) >= 11 is -2.46. The van der Waals surface area contributed by atoms with E-state index in [9.17, 15) is 0 Å². The maximum absolute atomic E-state index is 2.66. The topological polar surface area (TPSA) is 0 Å². The molecule has 9 rings (SSSR count). The molecule has 0 aromatic heterocycles. The smallest absolute Gasteiger partial charge is 0.147 e. The molecule has 0 saturated heterocycles. The van der Waals surface area contributed by atoms with Crippen molar-refractivity contribution in [1.82, 2.24) is 0 Å². The van der Waals surface area contributed by atoms with Gasteiger partial charge in [0.1, 0.15) is 0 Å². The van der Waals surface area contributed by atoms with Crippen molar-refractivity contribution in [3.05, 3.63) is 185 Å². The van der Waals surface area contributed by atoms with Crippen LogP contribution in [0.1, 0.15) is 43.4 Å². The van der Waals surface area contributed by atoms with E-state index < -0.39 is 25.8 Å². The van der Waals surface area contributed by atoms with Gasteiger partial charge in [0.2, 0.25) is 0 Å². The molecule has 2 unspecified atom stereocenters. The average Bonchev–Trinajstić information content (AvgIpc) is 3.67. The fourth-order valence-corrected chi connectivity index (χ4v) is 31.8. The summed E-state index contributed by atoms with van der Waals surface area (Å²) in [5.74, 6) is 0. The van der Waals surface area contributed by atoms with E-state index in [1.165, 1.54) is 54.9 Å².